The third kappa shape index (κ3) is 4.95. The smallest absolute Gasteiger partial charge is 0.253 e. The van der Waals surface area contributed by atoms with Crippen molar-refractivity contribution in [1.82, 2.24) is 4.90 Å². The molecule has 0 spiro atoms. The van der Waals surface area contributed by atoms with Crippen molar-refractivity contribution in [3.8, 4) is 5.75 Å². The summed E-state index contributed by atoms with van der Waals surface area (Å²) in [6.45, 7) is 7.51. The molecule has 6 heteroatoms. The lowest BCUT2D eigenvalue weighted by Crippen LogP contribution is -2.36. The Morgan fingerprint density at radius 1 is 1.24 bits per heavy atom. The Kier molecular flexibility index (Phi) is 6.82. The van der Waals surface area contributed by atoms with Crippen LogP contribution in [0.25, 0.3) is 0 Å². The van der Waals surface area contributed by atoms with Gasteiger partial charge in [0.1, 0.15) is 5.75 Å². The summed E-state index contributed by atoms with van der Waals surface area (Å²) in [7, 11) is 0. The zero-order valence-corrected chi connectivity index (χ0v) is 15.4. The maximum absolute atomic E-state index is 12.7. The number of carbonyl (C=O) groups excluding carboxylic acids is 2. The van der Waals surface area contributed by atoms with Crippen molar-refractivity contribution >= 4 is 17.5 Å². The molecule has 0 aliphatic carbocycles. The minimum Gasteiger partial charge on any atom is -0.492 e. The molecule has 3 N–H and O–H groups in total. The van der Waals surface area contributed by atoms with Crippen LogP contribution in [-0.4, -0.2) is 42.5 Å². The molecule has 1 aliphatic heterocycles. The van der Waals surface area contributed by atoms with Crippen LogP contribution in [0.5, 0.6) is 5.75 Å². The molecule has 6 nitrogen and oxygen atoms in total. The molecule has 1 aromatic carbocycles. The second-order valence-corrected chi connectivity index (χ2v) is 6.63. The van der Waals surface area contributed by atoms with Crippen molar-refractivity contribution in [2.75, 3.05) is 25.0 Å². The van der Waals surface area contributed by atoms with Gasteiger partial charge < -0.3 is 20.7 Å². The molecule has 2 unspecified atom stereocenters. The number of nitrogens with zero attached hydrogens (tertiary/aromatic N) is 1. The summed E-state index contributed by atoms with van der Waals surface area (Å²) in [6.07, 6.45) is 3.25. The molecule has 1 aliphatic rings. The summed E-state index contributed by atoms with van der Waals surface area (Å²) in [6, 6.07) is 4.95. The van der Waals surface area contributed by atoms with Gasteiger partial charge in [-0.25, -0.2) is 0 Å². The van der Waals surface area contributed by atoms with Crippen LogP contribution in [0.3, 0.4) is 0 Å². The number of likely N-dealkylation sites (tertiary alicyclic amines) is 1. The van der Waals surface area contributed by atoms with E-state index in [9.17, 15) is 9.59 Å². The van der Waals surface area contributed by atoms with Gasteiger partial charge in [-0.15, -0.1) is 0 Å². The molecule has 0 aromatic heterocycles. The van der Waals surface area contributed by atoms with Gasteiger partial charge in [0.15, 0.2) is 0 Å². The molecule has 2 amide bonds. The molecule has 0 bridgehead atoms. The lowest BCUT2D eigenvalue weighted by molar-refractivity contribution is -0.119. The summed E-state index contributed by atoms with van der Waals surface area (Å²) >= 11 is 0. The van der Waals surface area contributed by atoms with E-state index in [1.165, 1.54) is 6.42 Å². The fourth-order valence-corrected chi connectivity index (χ4v) is 2.81. The summed E-state index contributed by atoms with van der Waals surface area (Å²) < 4.78 is 5.59. The van der Waals surface area contributed by atoms with Gasteiger partial charge in [-0.05, 0) is 51.3 Å². The largest absolute Gasteiger partial charge is 0.492 e. The first kappa shape index (κ1) is 19.2. The number of piperidine rings is 1. The Hall–Kier alpha value is -2.08. The van der Waals surface area contributed by atoms with Crippen LogP contribution in [-0.2, 0) is 4.79 Å². The van der Waals surface area contributed by atoms with Crippen LogP contribution < -0.4 is 15.8 Å². The highest BCUT2D eigenvalue weighted by atomic mass is 16.5. The maximum Gasteiger partial charge on any atom is 0.253 e. The number of rotatable bonds is 6. The first-order valence-electron chi connectivity index (χ1n) is 9.06. The number of nitrogens with two attached hydrogens (primary N) is 1. The molecule has 1 saturated heterocycles. The van der Waals surface area contributed by atoms with Crippen LogP contribution in [0.1, 0.15) is 50.4 Å². The fourth-order valence-electron chi connectivity index (χ4n) is 2.81. The van der Waals surface area contributed by atoms with Crippen molar-refractivity contribution in [3.63, 3.8) is 0 Å². The molecule has 1 heterocycles. The predicted molar refractivity (Wildman–Crippen MR) is 98.8 cm³/mol. The highest BCUT2D eigenvalue weighted by molar-refractivity contribution is 5.99. The number of ether oxygens (including phenoxy) is 1. The van der Waals surface area contributed by atoms with Crippen LogP contribution in [0, 0.1) is 5.92 Å². The van der Waals surface area contributed by atoms with Crippen molar-refractivity contribution in [1.29, 1.82) is 0 Å². The van der Waals surface area contributed by atoms with Gasteiger partial charge in [0, 0.05) is 24.7 Å². The van der Waals surface area contributed by atoms with E-state index in [0.29, 0.717) is 23.6 Å². The molecule has 0 saturated carbocycles. The normalized spacial score (nSPS) is 16.9. The van der Waals surface area contributed by atoms with Gasteiger partial charge in [-0.2, -0.15) is 0 Å². The molecule has 2 rings (SSSR count). The summed E-state index contributed by atoms with van der Waals surface area (Å²) in [5, 5.41) is 2.86. The average molecular weight is 347 g/mol. The lowest BCUT2D eigenvalue weighted by atomic mass is 10.0. The topological polar surface area (TPSA) is 84.7 Å². The summed E-state index contributed by atoms with van der Waals surface area (Å²) in [5.41, 5.74) is 6.89. The predicted octanol–water partition coefficient (Wildman–Crippen LogP) is 2.63. The first-order chi connectivity index (χ1) is 11.9. The molecule has 25 heavy (non-hydrogen) atoms. The van der Waals surface area contributed by atoms with Gasteiger partial charge in [0.25, 0.3) is 5.91 Å². The number of anilines is 1. The number of nitrogens with one attached hydrogen (secondary N) is 1. The van der Waals surface area contributed by atoms with Gasteiger partial charge >= 0.3 is 0 Å². The number of hydrogen-bond donors (Lipinski definition) is 2. The molecule has 138 valence electrons. The van der Waals surface area contributed by atoms with Gasteiger partial charge in [-0.3, -0.25) is 9.59 Å². The van der Waals surface area contributed by atoms with Crippen molar-refractivity contribution in [3.05, 3.63) is 23.8 Å². The Balaban J connectivity index is 2.23. The number of hydrogen-bond acceptors (Lipinski definition) is 4. The maximum atomic E-state index is 12.7. The standard InChI is InChI=1S/C19H29N3O3/c1-4-25-17-9-8-15(19(24)22-10-6-5-7-11-22)12-16(17)21-18(23)13(2)14(3)20/h8-9,12-14H,4-7,10-11,20H2,1-3H3,(H,21,23). The summed E-state index contributed by atoms with van der Waals surface area (Å²) in [4.78, 5) is 26.9. The van der Waals surface area contributed by atoms with E-state index in [-0.39, 0.29) is 23.8 Å². The number of benzene rings is 1. The Morgan fingerprint density at radius 2 is 1.92 bits per heavy atom. The van der Waals surface area contributed by atoms with E-state index >= 15 is 0 Å². The third-order valence-electron chi connectivity index (χ3n) is 4.63. The van der Waals surface area contributed by atoms with E-state index in [0.717, 1.165) is 25.9 Å². The van der Waals surface area contributed by atoms with Crippen molar-refractivity contribution < 1.29 is 14.3 Å². The van der Waals surface area contributed by atoms with E-state index in [2.05, 4.69) is 5.32 Å². The zero-order valence-electron chi connectivity index (χ0n) is 15.4. The van der Waals surface area contributed by atoms with Crippen LogP contribution >= 0.6 is 0 Å². The second kappa shape index (κ2) is 8.85. The first-order valence-corrected chi connectivity index (χ1v) is 9.06. The van der Waals surface area contributed by atoms with Gasteiger partial charge in [0.2, 0.25) is 5.91 Å². The highest BCUT2D eigenvalue weighted by Crippen LogP contribution is 2.28. The zero-order chi connectivity index (χ0) is 18.4. The second-order valence-electron chi connectivity index (χ2n) is 6.63. The minimum absolute atomic E-state index is 0.00140. The number of amides is 2. The minimum atomic E-state index is -0.337. The Labute approximate surface area is 149 Å². The quantitative estimate of drug-likeness (QED) is 0.828. The fraction of sp³-hybridized carbons (Fsp3) is 0.579. The van der Waals surface area contributed by atoms with Crippen LogP contribution in [0.15, 0.2) is 18.2 Å². The van der Waals surface area contributed by atoms with Crippen LogP contribution in [0.4, 0.5) is 5.69 Å². The molecule has 1 aromatic rings. The van der Waals surface area contributed by atoms with Gasteiger partial charge in [-0.1, -0.05) is 6.92 Å². The van der Waals surface area contributed by atoms with Gasteiger partial charge in [0.05, 0.1) is 18.2 Å². The monoisotopic (exact) mass is 347 g/mol. The Bertz CT molecular complexity index is 610. The van der Waals surface area contributed by atoms with Crippen LogP contribution in [0.2, 0.25) is 0 Å². The Morgan fingerprint density at radius 3 is 2.52 bits per heavy atom. The SMILES string of the molecule is CCOc1ccc(C(=O)N2CCCCC2)cc1NC(=O)C(C)C(C)N. The molecule has 2 atom stereocenters. The molecular formula is C19H29N3O3. The van der Waals surface area contributed by atoms with Crippen molar-refractivity contribution in [2.45, 2.75) is 46.1 Å². The third-order valence-corrected chi connectivity index (χ3v) is 4.63. The number of carbonyl (C=O) groups is 2. The summed E-state index contributed by atoms with van der Waals surface area (Å²) in [5.74, 6) is 0.0378. The average Bonchev–Trinajstić information content (AvgIpc) is 2.62. The lowest BCUT2D eigenvalue weighted by Gasteiger charge is -2.27. The molecule has 0 radical (unpaired) electrons. The van der Waals surface area contributed by atoms with E-state index in [4.69, 9.17) is 10.5 Å². The molecular weight excluding hydrogens is 318 g/mol. The van der Waals surface area contributed by atoms with E-state index in [1.807, 2.05) is 11.8 Å². The van der Waals surface area contributed by atoms with E-state index < -0.39 is 0 Å². The molecule has 1 fully saturated rings. The highest BCUT2D eigenvalue weighted by Gasteiger charge is 2.22. The van der Waals surface area contributed by atoms with E-state index in [1.54, 1.807) is 32.0 Å². The van der Waals surface area contributed by atoms with Crippen molar-refractivity contribution in [2.24, 2.45) is 11.7 Å².